The fraction of sp³-hybridized carbons (Fsp3) is 0.703. The molecule has 1 aromatic rings. The van der Waals surface area contributed by atoms with Gasteiger partial charge in [0.05, 0.1) is 22.9 Å². The molecule has 0 saturated heterocycles. The number of hydrogen-bond donors (Lipinski definition) is 4. The maximum absolute atomic E-state index is 14.5. The summed E-state index contributed by atoms with van der Waals surface area (Å²) in [5.41, 5.74) is 0.232. The number of carbonyl (C=O) groups is 5. The maximum Gasteiger partial charge on any atom is 0.315 e. The summed E-state index contributed by atoms with van der Waals surface area (Å²) in [7, 11) is -3.89. The van der Waals surface area contributed by atoms with Crippen molar-refractivity contribution in [2.75, 3.05) is 5.88 Å². The van der Waals surface area contributed by atoms with Crippen LogP contribution in [-0.4, -0.2) is 61.3 Å². The number of fused-ring (bicyclic) bond motifs is 1. The molecule has 0 bridgehead atoms. The van der Waals surface area contributed by atoms with E-state index in [1.54, 1.807) is 12.1 Å². The minimum Gasteiger partial charge on any atom is -0.345 e. The van der Waals surface area contributed by atoms with Crippen LogP contribution in [0.25, 0.3) is 0 Å². The van der Waals surface area contributed by atoms with Crippen LogP contribution in [0, 0.1) is 47.8 Å². The maximum atomic E-state index is 14.5. The predicted molar refractivity (Wildman–Crippen MR) is 185 cm³/mol. The molecule has 0 aromatic heterocycles. The van der Waals surface area contributed by atoms with Crippen molar-refractivity contribution in [3.05, 3.63) is 29.8 Å². The highest BCUT2D eigenvalue weighted by molar-refractivity contribution is 7.91. The fourth-order valence-electron chi connectivity index (χ4n) is 8.32. The smallest absolute Gasteiger partial charge is 0.315 e. The first kappa shape index (κ1) is 37.0. The molecule has 4 aliphatic carbocycles. The van der Waals surface area contributed by atoms with Gasteiger partial charge in [0.1, 0.15) is 5.88 Å². The van der Waals surface area contributed by atoms with Crippen LogP contribution in [0.5, 0.6) is 0 Å². The Hall–Kier alpha value is -3.28. The Morgan fingerprint density at radius 3 is 2.14 bits per heavy atom. The van der Waals surface area contributed by atoms with E-state index in [-0.39, 0.29) is 46.2 Å². The molecular formula is C37H54N4O7S. The molecule has 4 fully saturated rings. The highest BCUT2D eigenvalue weighted by Gasteiger charge is 2.70. The van der Waals surface area contributed by atoms with Gasteiger partial charge in [0.15, 0.2) is 15.6 Å². The summed E-state index contributed by atoms with van der Waals surface area (Å²) in [6.07, 6.45) is 7.21. The van der Waals surface area contributed by atoms with Gasteiger partial charge in [-0.3, -0.25) is 19.2 Å². The molecule has 6 atom stereocenters. The van der Waals surface area contributed by atoms with E-state index < -0.39 is 68.8 Å². The van der Waals surface area contributed by atoms with Crippen molar-refractivity contribution >= 4 is 39.2 Å². The van der Waals surface area contributed by atoms with Gasteiger partial charge in [-0.15, -0.1) is 0 Å². The van der Waals surface area contributed by atoms with Gasteiger partial charge < -0.3 is 21.3 Å². The molecule has 2 unspecified atom stereocenters. The van der Waals surface area contributed by atoms with Crippen molar-refractivity contribution in [1.82, 2.24) is 21.3 Å². The summed E-state index contributed by atoms with van der Waals surface area (Å²) in [5, 5.41) is 11.0. The van der Waals surface area contributed by atoms with Crippen LogP contribution < -0.4 is 21.3 Å². The molecule has 4 saturated carbocycles. The Kier molecular flexibility index (Phi) is 10.7. The molecule has 4 amide bonds. The molecule has 1 aromatic carbocycles. The number of aryl methyl sites for hydroxylation is 1. The molecule has 12 heteroatoms. The summed E-state index contributed by atoms with van der Waals surface area (Å²) in [4.78, 5) is 68.3. The minimum atomic E-state index is -3.89. The van der Waals surface area contributed by atoms with Crippen LogP contribution in [-0.2, 0) is 29.0 Å². The van der Waals surface area contributed by atoms with Crippen LogP contribution in [0.3, 0.4) is 0 Å². The van der Waals surface area contributed by atoms with E-state index in [4.69, 9.17) is 0 Å². The lowest BCUT2D eigenvalue weighted by Gasteiger charge is -2.35. The van der Waals surface area contributed by atoms with E-state index >= 15 is 0 Å². The molecule has 4 aliphatic rings. The Bertz CT molecular complexity index is 1560. The summed E-state index contributed by atoms with van der Waals surface area (Å²) < 4.78 is 25.7. The number of ketones is 2. The third kappa shape index (κ3) is 8.72. The molecule has 0 radical (unpaired) electrons. The summed E-state index contributed by atoms with van der Waals surface area (Å²) >= 11 is 0. The third-order valence-corrected chi connectivity index (χ3v) is 12.8. The second kappa shape index (κ2) is 14.2. The Morgan fingerprint density at radius 2 is 1.55 bits per heavy atom. The van der Waals surface area contributed by atoms with Gasteiger partial charge in [-0.05, 0) is 94.6 Å². The van der Waals surface area contributed by atoms with Crippen LogP contribution in [0.2, 0.25) is 0 Å². The van der Waals surface area contributed by atoms with Crippen molar-refractivity contribution < 1.29 is 32.4 Å². The zero-order valence-electron chi connectivity index (χ0n) is 29.8. The molecular weight excluding hydrogens is 644 g/mol. The normalized spacial score (nSPS) is 26.1. The lowest BCUT2D eigenvalue weighted by molar-refractivity contribution is -0.141. The number of urea groups is 1. The van der Waals surface area contributed by atoms with Crippen molar-refractivity contribution in [3.8, 4) is 0 Å². The average Bonchev–Trinajstić information content (AvgIpc) is 3.89. The minimum absolute atomic E-state index is 0.0234. The standard InChI is InChI=1S/C37H54N4O7S/c1-21-12-16-24(17-13-21)49(47,48)20-38-34(45)32(43)27(18-22-14-15-22)39-33(44)28-25(19-26-29(28)37(26,5)6)31(42)30(23-10-8-7-9-11-23)40-35(46)41-36(2,3)4/h12-13,16-17,22-23,25-30H,7-11,14-15,18-20H2,1-6H3,(H,38,45)(H,39,44)(H2,40,41,46)/t25?,26-,27?,28-,29-,30-/m0/s1. The Balaban J connectivity index is 1.31. The van der Waals surface area contributed by atoms with Crippen molar-refractivity contribution in [3.63, 3.8) is 0 Å². The van der Waals surface area contributed by atoms with E-state index in [1.165, 1.54) is 12.1 Å². The number of benzene rings is 1. The Labute approximate surface area is 290 Å². The number of rotatable bonds is 13. The molecule has 0 spiro atoms. The average molecular weight is 699 g/mol. The molecule has 4 N–H and O–H groups in total. The summed E-state index contributed by atoms with van der Waals surface area (Å²) in [6.45, 7) is 11.6. The molecule has 270 valence electrons. The fourth-order valence-corrected chi connectivity index (χ4v) is 9.36. The monoisotopic (exact) mass is 698 g/mol. The van der Waals surface area contributed by atoms with Crippen molar-refractivity contribution in [2.24, 2.45) is 40.9 Å². The second-order valence-electron chi connectivity index (χ2n) is 16.6. The van der Waals surface area contributed by atoms with E-state index in [1.807, 2.05) is 27.7 Å². The van der Waals surface area contributed by atoms with Crippen LogP contribution >= 0.6 is 0 Å². The lowest BCUT2D eigenvalue weighted by Crippen LogP contribution is -2.56. The first-order chi connectivity index (χ1) is 22.9. The first-order valence-corrected chi connectivity index (χ1v) is 19.6. The molecule has 0 aliphatic heterocycles. The number of carbonyl (C=O) groups excluding carboxylic acids is 5. The number of sulfone groups is 1. The molecule has 11 nitrogen and oxygen atoms in total. The predicted octanol–water partition coefficient (Wildman–Crippen LogP) is 4.22. The van der Waals surface area contributed by atoms with Gasteiger partial charge >= 0.3 is 6.03 Å². The van der Waals surface area contributed by atoms with Gasteiger partial charge in [0.2, 0.25) is 11.7 Å². The van der Waals surface area contributed by atoms with E-state index in [0.29, 0.717) is 6.42 Å². The summed E-state index contributed by atoms with van der Waals surface area (Å²) in [5.74, 6) is -4.39. The van der Waals surface area contributed by atoms with Gasteiger partial charge in [-0.2, -0.15) is 0 Å². The lowest BCUT2D eigenvalue weighted by atomic mass is 9.74. The van der Waals surface area contributed by atoms with Crippen molar-refractivity contribution in [1.29, 1.82) is 0 Å². The Morgan fingerprint density at radius 1 is 0.918 bits per heavy atom. The third-order valence-electron chi connectivity index (χ3n) is 11.3. The van der Waals surface area contributed by atoms with E-state index in [9.17, 15) is 32.4 Å². The zero-order chi connectivity index (χ0) is 35.9. The summed E-state index contributed by atoms with van der Waals surface area (Å²) in [6, 6.07) is 3.94. The highest BCUT2D eigenvalue weighted by atomic mass is 32.2. The number of nitrogens with one attached hydrogen (secondary N) is 4. The van der Waals surface area contributed by atoms with E-state index in [0.717, 1.165) is 50.5 Å². The van der Waals surface area contributed by atoms with Crippen LogP contribution in [0.1, 0.15) is 98.0 Å². The number of hydrogen-bond acceptors (Lipinski definition) is 7. The SMILES string of the molecule is Cc1ccc(S(=O)(=O)CNC(=O)C(=O)C(CC2CC2)NC(=O)[C@H]2C(C(=O)[C@@H](NC(=O)NC(C)(C)C)C3CCCCC3)C[C@H]3[C@@H]2C3(C)C)cc1. The van der Waals surface area contributed by atoms with Crippen LogP contribution in [0.15, 0.2) is 29.2 Å². The number of Topliss-reactive ketones (excluding diaryl/α,β-unsaturated/α-hetero) is 2. The zero-order valence-corrected chi connectivity index (χ0v) is 30.6. The van der Waals surface area contributed by atoms with Gasteiger partial charge in [-0.25, -0.2) is 13.2 Å². The quantitative estimate of drug-likeness (QED) is 0.224. The molecule has 49 heavy (non-hydrogen) atoms. The molecule has 5 rings (SSSR count). The van der Waals surface area contributed by atoms with Crippen LogP contribution in [0.4, 0.5) is 4.79 Å². The highest BCUT2D eigenvalue weighted by Crippen LogP contribution is 2.71. The van der Waals surface area contributed by atoms with E-state index in [2.05, 4.69) is 35.1 Å². The molecule has 0 heterocycles. The topological polar surface area (TPSA) is 168 Å². The van der Waals surface area contributed by atoms with Crippen molar-refractivity contribution in [2.45, 2.75) is 122 Å². The van der Waals surface area contributed by atoms with Gasteiger partial charge in [0, 0.05) is 11.5 Å². The largest absolute Gasteiger partial charge is 0.345 e. The first-order valence-electron chi connectivity index (χ1n) is 17.9. The van der Waals surface area contributed by atoms with Gasteiger partial charge in [0.25, 0.3) is 5.91 Å². The van der Waals surface area contributed by atoms with Gasteiger partial charge in [-0.1, -0.05) is 63.6 Å². The number of amides is 4. The second-order valence-corrected chi connectivity index (χ2v) is 18.6.